The number of hydrogen-bond acceptors (Lipinski definition) is 10. The molecule has 0 aliphatic carbocycles. The summed E-state index contributed by atoms with van der Waals surface area (Å²) in [5.74, 6) is 0.422. The minimum absolute atomic E-state index is 0.145. The maximum Gasteiger partial charge on any atom is 0.320 e. The van der Waals surface area contributed by atoms with Crippen LogP contribution in [0.15, 0.2) is 47.2 Å². The van der Waals surface area contributed by atoms with Crippen LogP contribution in [0, 0.1) is 10.1 Å². The first-order valence-electron chi connectivity index (χ1n) is 11.6. The van der Waals surface area contributed by atoms with E-state index in [9.17, 15) is 14.9 Å². The van der Waals surface area contributed by atoms with Crippen molar-refractivity contribution in [1.29, 1.82) is 0 Å². The van der Waals surface area contributed by atoms with Crippen LogP contribution in [-0.4, -0.2) is 83.1 Å². The quantitative estimate of drug-likeness (QED) is 0.224. The van der Waals surface area contributed by atoms with Gasteiger partial charge in [-0.25, -0.2) is 9.97 Å². The molecule has 0 amide bonds. The lowest BCUT2D eigenvalue weighted by atomic mass is 10.2. The topological polar surface area (TPSA) is 123 Å². The molecule has 1 aliphatic heterocycles. The van der Waals surface area contributed by atoms with Crippen LogP contribution in [0.3, 0.4) is 0 Å². The van der Waals surface area contributed by atoms with Gasteiger partial charge in [-0.2, -0.15) is 0 Å². The number of benzene rings is 2. The molecule has 0 saturated carbocycles. The predicted molar refractivity (Wildman–Crippen MR) is 139 cm³/mol. The van der Waals surface area contributed by atoms with Crippen molar-refractivity contribution in [1.82, 2.24) is 19.8 Å². The first-order valence-corrected chi connectivity index (χ1v) is 12.4. The van der Waals surface area contributed by atoms with E-state index in [-0.39, 0.29) is 17.4 Å². The van der Waals surface area contributed by atoms with Crippen molar-refractivity contribution < 1.29 is 19.2 Å². The summed E-state index contributed by atoms with van der Waals surface area (Å²) in [4.78, 5) is 35.9. The summed E-state index contributed by atoms with van der Waals surface area (Å²) in [5, 5.41) is 15.5. The van der Waals surface area contributed by atoms with E-state index in [1.807, 2.05) is 24.3 Å². The van der Waals surface area contributed by atoms with Crippen LogP contribution in [0.4, 0.5) is 17.2 Å². The Morgan fingerprint density at radius 1 is 1.17 bits per heavy atom. The van der Waals surface area contributed by atoms with Gasteiger partial charge in [0, 0.05) is 55.0 Å². The van der Waals surface area contributed by atoms with Gasteiger partial charge in [0.2, 0.25) is 0 Å². The van der Waals surface area contributed by atoms with Crippen LogP contribution < -0.4 is 10.1 Å². The van der Waals surface area contributed by atoms with Crippen molar-refractivity contribution in [2.45, 2.75) is 6.92 Å². The van der Waals surface area contributed by atoms with Crippen LogP contribution in [0.1, 0.15) is 6.92 Å². The molecule has 1 saturated heterocycles. The average Bonchev–Trinajstić information content (AvgIpc) is 2.85. The Labute approximate surface area is 216 Å². The second kappa shape index (κ2) is 12.1. The number of esters is 1. The number of nitrogens with one attached hydrogen (secondary N) is 1. The molecule has 0 atom stereocenters. The molecule has 1 N–H and O–H groups in total. The Bertz CT molecular complexity index is 1230. The fourth-order valence-corrected chi connectivity index (χ4v) is 4.38. The molecule has 4 rings (SSSR count). The number of nitro groups is 1. The Balaban J connectivity index is 1.40. The fraction of sp³-hybridized carbons (Fsp3) is 0.375. The fourth-order valence-electron chi connectivity index (χ4n) is 3.98. The predicted octanol–water partition coefficient (Wildman–Crippen LogP) is 3.60. The molecule has 11 nitrogen and oxygen atoms in total. The number of ether oxygens (including phenoxy) is 2. The number of hydrogen-bond donors (Lipinski definition) is 1. The second-order valence-electron chi connectivity index (χ2n) is 8.22. The standard InChI is InChI=1S/C24H27BrN6O5/c1-2-35-23(32)15-30-8-6-29(7-9-30)10-11-36-22-14-20-19(13-21(22)31(33)34)24(27-16-26-20)28-18-5-3-4-17(25)12-18/h3-5,12-14,16H,2,6-11,15H2,1H3,(H,26,27,28). The molecule has 1 fully saturated rings. The minimum Gasteiger partial charge on any atom is -0.485 e. The lowest BCUT2D eigenvalue weighted by Crippen LogP contribution is -2.49. The summed E-state index contributed by atoms with van der Waals surface area (Å²) in [7, 11) is 0. The molecule has 0 unspecified atom stereocenters. The highest BCUT2D eigenvalue weighted by atomic mass is 79.9. The molecule has 36 heavy (non-hydrogen) atoms. The van der Waals surface area contributed by atoms with E-state index in [1.165, 1.54) is 12.4 Å². The summed E-state index contributed by atoms with van der Waals surface area (Å²) >= 11 is 3.43. The molecular weight excluding hydrogens is 532 g/mol. The largest absolute Gasteiger partial charge is 0.485 e. The number of piperazine rings is 1. The zero-order valence-electron chi connectivity index (χ0n) is 19.9. The monoisotopic (exact) mass is 558 g/mol. The first kappa shape index (κ1) is 25.7. The number of carbonyl (C=O) groups is 1. The maximum absolute atomic E-state index is 11.8. The van der Waals surface area contributed by atoms with Crippen LogP contribution in [-0.2, 0) is 9.53 Å². The number of halogens is 1. The number of nitro benzene ring substituents is 1. The third-order valence-electron chi connectivity index (χ3n) is 5.79. The number of aromatic nitrogens is 2. The SMILES string of the molecule is CCOC(=O)CN1CCN(CCOc2cc3ncnc(Nc4cccc(Br)c4)c3cc2[N+](=O)[O-])CC1. The molecule has 0 spiro atoms. The number of fused-ring (bicyclic) bond motifs is 1. The third-order valence-corrected chi connectivity index (χ3v) is 6.28. The highest BCUT2D eigenvalue weighted by molar-refractivity contribution is 9.10. The Morgan fingerprint density at radius 2 is 1.94 bits per heavy atom. The summed E-state index contributed by atoms with van der Waals surface area (Å²) < 4.78 is 11.7. The summed E-state index contributed by atoms with van der Waals surface area (Å²) in [5.41, 5.74) is 1.18. The van der Waals surface area contributed by atoms with Crippen molar-refractivity contribution in [3.63, 3.8) is 0 Å². The minimum atomic E-state index is -0.460. The van der Waals surface area contributed by atoms with Crippen molar-refractivity contribution in [3.8, 4) is 5.75 Å². The van der Waals surface area contributed by atoms with Gasteiger partial charge in [-0.1, -0.05) is 22.0 Å². The van der Waals surface area contributed by atoms with E-state index in [0.717, 1.165) is 36.3 Å². The van der Waals surface area contributed by atoms with Gasteiger partial charge < -0.3 is 14.8 Å². The lowest BCUT2D eigenvalue weighted by Gasteiger charge is -2.33. The molecule has 2 aromatic carbocycles. The zero-order chi connectivity index (χ0) is 25.5. The van der Waals surface area contributed by atoms with Gasteiger partial charge in [0.1, 0.15) is 18.8 Å². The normalized spacial score (nSPS) is 14.5. The molecule has 0 radical (unpaired) electrons. The second-order valence-corrected chi connectivity index (χ2v) is 9.14. The van der Waals surface area contributed by atoms with E-state index >= 15 is 0 Å². The van der Waals surface area contributed by atoms with E-state index in [2.05, 4.69) is 41.0 Å². The van der Waals surface area contributed by atoms with Gasteiger partial charge in [0.15, 0.2) is 5.75 Å². The van der Waals surface area contributed by atoms with Gasteiger partial charge in [0.05, 0.1) is 29.0 Å². The summed E-state index contributed by atoms with van der Waals surface area (Å²) in [6.07, 6.45) is 1.41. The van der Waals surface area contributed by atoms with Crippen LogP contribution in [0.2, 0.25) is 0 Å². The molecule has 12 heteroatoms. The van der Waals surface area contributed by atoms with Crippen molar-refractivity contribution in [3.05, 3.63) is 57.3 Å². The Kier molecular flexibility index (Phi) is 8.62. The van der Waals surface area contributed by atoms with Crippen LogP contribution in [0.25, 0.3) is 10.9 Å². The van der Waals surface area contributed by atoms with E-state index in [0.29, 0.717) is 43.0 Å². The number of nitrogens with zero attached hydrogens (tertiary/aromatic N) is 5. The smallest absolute Gasteiger partial charge is 0.320 e. The highest BCUT2D eigenvalue weighted by Gasteiger charge is 2.22. The first-order chi connectivity index (χ1) is 17.4. The highest BCUT2D eigenvalue weighted by Crippen LogP contribution is 2.34. The van der Waals surface area contributed by atoms with Gasteiger partial charge in [-0.15, -0.1) is 0 Å². The van der Waals surface area contributed by atoms with Crippen molar-refractivity contribution in [2.75, 3.05) is 57.8 Å². The number of carbonyl (C=O) groups excluding carboxylic acids is 1. The van der Waals surface area contributed by atoms with E-state index in [1.54, 1.807) is 13.0 Å². The lowest BCUT2D eigenvalue weighted by molar-refractivity contribution is -0.385. The van der Waals surface area contributed by atoms with Crippen molar-refractivity contribution >= 4 is 50.0 Å². The Hall–Kier alpha value is -3.35. The van der Waals surface area contributed by atoms with Gasteiger partial charge in [-0.3, -0.25) is 24.7 Å². The summed E-state index contributed by atoms with van der Waals surface area (Å²) in [6.45, 7) is 6.43. The van der Waals surface area contributed by atoms with Gasteiger partial charge in [0.25, 0.3) is 0 Å². The van der Waals surface area contributed by atoms with Gasteiger partial charge in [-0.05, 0) is 25.1 Å². The van der Waals surface area contributed by atoms with E-state index in [4.69, 9.17) is 9.47 Å². The molecule has 3 aromatic rings. The van der Waals surface area contributed by atoms with Crippen molar-refractivity contribution in [2.24, 2.45) is 0 Å². The Morgan fingerprint density at radius 3 is 2.67 bits per heavy atom. The molecule has 1 aromatic heterocycles. The van der Waals surface area contributed by atoms with Crippen LogP contribution >= 0.6 is 15.9 Å². The molecule has 0 bridgehead atoms. The van der Waals surface area contributed by atoms with Gasteiger partial charge >= 0.3 is 11.7 Å². The number of anilines is 2. The third kappa shape index (κ3) is 6.65. The zero-order valence-corrected chi connectivity index (χ0v) is 21.4. The number of rotatable bonds is 10. The maximum atomic E-state index is 11.8. The molecule has 2 heterocycles. The molecule has 190 valence electrons. The molecule has 1 aliphatic rings. The summed E-state index contributed by atoms with van der Waals surface area (Å²) in [6, 6.07) is 10.6. The van der Waals surface area contributed by atoms with E-state index < -0.39 is 4.92 Å². The van der Waals surface area contributed by atoms with Crippen LogP contribution in [0.5, 0.6) is 5.75 Å². The molecular formula is C24H27BrN6O5. The average molecular weight is 559 g/mol.